The van der Waals surface area contributed by atoms with Gasteiger partial charge in [0, 0.05) is 20.6 Å². The van der Waals surface area contributed by atoms with Crippen LogP contribution in [0.2, 0.25) is 0 Å². The highest BCUT2D eigenvalue weighted by atomic mass is 16.5. The van der Waals surface area contributed by atoms with Crippen LogP contribution < -0.4 is 14.8 Å². The van der Waals surface area contributed by atoms with Crippen LogP contribution in [0.5, 0.6) is 11.5 Å². The van der Waals surface area contributed by atoms with Crippen LogP contribution >= 0.6 is 0 Å². The minimum Gasteiger partial charge on any atom is -0.493 e. The number of methoxy groups -OCH3 is 2. The predicted molar refractivity (Wildman–Crippen MR) is 115 cm³/mol. The Morgan fingerprint density at radius 2 is 1.86 bits per heavy atom. The van der Waals surface area contributed by atoms with Gasteiger partial charge < -0.3 is 24.7 Å². The lowest BCUT2D eigenvalue weighted by atomic mass is 10.2. The Kier molecular flexibility index (Phi) is 6.73. The maximum atomic E-state index is 5.37. The van der Waals surface area contributed by atoms with Crippen LogP contribution in [-0.4, -0.2) is 49.1 Å². The van der Waals surface area contributed by atoms with E-state index in [0.29, 0.717) is 24.6 Å². The molecule has 0 aliphatic carbocycles. The molecule has 2 N–H and O–H groups in total. The number of nitrogens with one attached hydrogen (secondary N) is 2. The Morgan fingerprint density at radius 1 is 1.10 bits per heavy atom. The molecular weight excluding hydrogens is 366 g/mol. The summed E-state index contributed by atoms with van der Waals surface area (Å²) in [5.41, 5.74) is 3.19. The number of benzene rings is 2. The van der Waals surface area contributed by atoms with Gasteiger partial charge in [-0.15, -0.1) is 0 Å². The molecule has 0 spiro atoms. The van der Waals surface area contributed by atoms with E-state index in [1.54, 1.807) is 21.3 Å². The fourth-order valence-electron chi connectivity index (χ4n) is 3.06. The van der Waals surface area contributed by atoms with Crippen LogP contribution in [0.15, 0.2) is 59.7 Å². The first kappa shape index (κ1) is 20.3. The first-order valence-corrected chi connectivity index (χ1v) is 9.36. The van der Waals surface area contributed by atoms with Gasteiger partial charge in [-0.3, -0.25) is 4.99 Å². The predicted octanol–water partition coefficient (Wildman–Crippen LogP) is 3.30. The van der Waals surface area contributed by atoms with E-state index in [-0.39, 0.29) is 0 Å². The number of hydrogen-bond donors (Lipinski definition) is 2. The summed E-state index contributed by atoms with van der Waals surface area (Å²) in [6.45, 7) is 1.23. The second-order valence-electron chi connectivity index (χ2n) is 6.56. The first-order chi connectivity index (χ1) is 14.1. The van der Waals surface area contributed by atoms with Crippen LogP contribution in [0, 0.1) is 0 Å². The summed E-state index contributed by atoms with van der Waals surface area (Å²) in [7, 11) is 7.01. The minimum atomic E-state index is 0.610. The molecule has 0 unspecified atom stereocenters. The van der Waals surface area contributed by atoms with Crippen molar-refractivity contribution in [3.8, 4) is 22.8 Å². The zero-order valence-corrected chi connectivity index (χ0v) is 17.3. The van der Waals surface area contributed by atoms with Gasteiger partial charge in [0.1, 0.15) is 5.82 Å². The number of aromatic amines is 1. The third-order valence-corrected chi connectivity index (χ3v) is 4.57. The average molecular weight is 393 g/mol. The molecule has 3 aromatic rings. The lowest BCUT2D eigenvalue weighted by Crippen LogP contribution is -2.38. The van der Waals surface area contributed by atoms with E-state index in [9.17, 15) is 0 Å². The number of imidazole rings is 1. The van der Waals surface area contributed by atoms with Gasteiger partial charge in [-0.05, 0) is 23.3 Å². The molecule has 0 saturated carbocycles. The number of nitrogens with zero attached hydrogens (tertiary/aromatic N) is 3. The number of aliphatic imine (C=N–C) groups is 1. The maximum Gasteiger partial charge on any atom is 0.194 e. The van der Waals surface area contributed by atoms with E-state index >= 15 is 0 Å². The molecule has 29 heavy (non-hydrogen) atoms. The maximum absolute atomic E-state index is 5.37. The standard InChI is InChI=1S/C22H27N5O2/c1-23-22(25-13-16-10-11-19(28-3)20(12-16)29-4)27(2)15-21-24-14-18(26-21)17-8-6-5-7-9-17/h5-12,14H,13,15H2,1-4H3,(H,23,25)(H,24,26). The third kappa shape index (κ3) is 5.07. The van der Waals surface area contributed by atoms with Gasteiger partial charge in [0.2, 0.25) is 0 Å². The van der Waals surface area contributed by atoms with Crippen molar-refractivity contribution >= 4 is 5.96 Å². The van der Waals surface area contributed by atoms with Crippen molar-refractivity contribution in [2.24, 2.45) is 4.99 Å². The number of hydrogen-bond acceptors (Lipinski definition) is 4. The van der Waals surface area contributed by atoms with Crippen molar-refractivity contribution in [2.75, 3.05) is 28.3 Å². The van der Waals surface area contributed by atoms with Crippen LogP contribution in [0.4, 0.5) is 0 Å². The Bertz CT molecular complexity index is 953. The molecule has 3 rings (SSSR count). The second-order valence-corrected chi connectivity index (χ2v) is 6.56. The number of guanidine groups is 1. The molecule has 0 saturated heterocycles. The largest absolute Gasteiger partial charge is 0.493 e. The summed E-state index contributed by atoms with van der Waals surface area (Å²) in [5, 5.41) is 3.37. The summed E-state index contributed by atoms with van der Waals surface area (Å²) in [5.74, 6) is 3.07. The Morgan fingerprint density at radius 3 is 2.55 bits per heavy atom. The van der Waals surface area contributed by atoms with Gasteiger partial charge in [0.15, 0.2) is 17.5 Å². The first-order valence-electron chi connectivity index (χ1n) is 9.36. The van der Waals surface area contributed by atoms with Gasteiger partial charge in [-0.1, -0.05) is 36.4 Å². The normalized spacial score (nSPS) is 11.2. The summed E-state index contributed by atoms with van der Waals surface area (Å²) in [6.07, 6.45) is 1.86. The molecule has 0 amide bonds. The molecule has 152 valence electrons. The van der Waals surface area contributed by atoms with E-state index in [4.69, 9.17) is 9.47 Å². The number of aromatic nitrogens is 2. The van der Waals surface area contributed by atoms with Crippen molar-refractivity contribution in [1.82, 2.24) is 20.2 Å². The van der Waals surface area contributed by atoms with Crippen molar-refractivity contribution in [2.45, 2.75) is 13.1 Å². The lowest BCUT2D eigenvalue weighted by molar-refractivity contribution is 0.354. The van der Waals surface area contributed by atoms with E-state index < -0.39 is 0 Å². The molecule has 1 heterocycles. The highest BCUT2D eigenvalue weighted by Crippen LogP contribution is 2.27. The molecule has 0 radical (unpaired) electrons. The van der Waals surface area contributed by atoms with Gasteiger partial charge in [-0.25, -0.2) is 4.98 Å². The van der Waals surface area contributed by atoms with E-state index in [1.165, 1.54) is 0 Å². The third-order valence-electron chi connectivity index (χ3n) is 4.57. The molecule has 7 heteroatoms. The van der Waals surface area contributed by atoms with Crippen LogP contribution in [0.3, 0.4) is 0 Å². The topological polar surface area (TPSA) is 74.8 Å². The minimum absolute atomic E-state index is 0.610. The van der Waals surface area contributed by atoms with E-state index in [0.717, 1.165) is 28.6 Å². The van der Waals surface area contributed by atoms with Gasteiger partial charge >= 0.3 is 0 Å². The molecule has 2 aromatic carbocycles. The Hall–Kier alpha value is -3.48. The smallest absolute Gasteiger partial charge is 0.194 e. The van der Waals surface area contributed by atoms with Crippen molar-refractivity contribution < 1.29 is 9.47 Å². The summed E-state index contributed by atoms with van der Waals surface area (Å²) in [6, 6.07) is 16.0. The Balaban J connectivity index is 1.61. The monoisotopic (exact) mass is 393 g/mol. The van der Waals surface area contributed by atoms with E-state index in [2.05, 4.69) is 32.4 Å². The number of rotatable bonds is 7. The quantitative estimate of drug-likeness (QED) is 0.476. The van der Waals surface area contributed by atoms with Crippen molar-refractivity contribution in [1.29, 1.82) is 0 Å². The summed E-state index contributed by atoms with van der Waals surface area (Å²) in [4.78, 5) is 14.3. The van der Waals surface area contributed by atoms with Crippen LogP contribution in [-0.2, 0) is 13.1 Å². The summed E-state index contributed by atoms with van der Waals surface area (Å²) < 4.78 is 10.7. The lowest BCUT2D eigenvalue weighted by Gasteiger charge is -2.21. The SMILES string of the molecule is CN=C(NCc1ccc(OC)c(OC)c1)N(C)Cc1ncc(-c2ccccc2)[nH]1. The van der Waals surface area contributed by atoms with E-state index in [1.807, 2.05) is 54.5 Å². The highest BCUT2D eigenvalue weighted by molar-refractivity contribution is 5.79. The van der Waals surface area contributed by atoms with Gasteiger partial charge in [0.25, 0.3) is 0 Å². The highest BCUT2D eigenvalue weighted by Gasteiger charge is 2.11. The molecule has 0 atom stereocenters. The van der Waals surface area contributed by atoms with Gasteiger partial charge in [0.05, 0.1) is 32.7 Å². The Labute approximate surface area is 171 Å². The number of ether oxygens (including phenoxy) is 2. The molecule has 0 aliphatic rings. The summed E-state index contributed by atoms with van der Waals surface area (Å²) >= 11 is 0. The molecular formula is C22H27N5O2. The van der Waals surface area contributed by atoms with Gasteiger partial charge in [-0.2, -0.15) is 0 Å². The molecule has 0 fully saturated rings. The molecule has 1 aromatic heterocycles. The van der Waals surface area contributed by atoms with Crippen LogP contribution in [0.1, 0.15) is 11.4 Å². The average Bonchev–Trinajstić information content (AvgIpc) is 3.23. The second kappa shape index (κ2) is 9.64. The van der Waals surface area contributed by atoms with Crippen molar-refractivity contribution in [3.05, 3.63) is 66.1 Å². The zero-order valence-electron chi connectivity index (χ0n) is 17.3. The molecule has 0 bridgehead atoms. The zero-order chi connectivity index (χ0) is 20.6. The fraction of sp³-hybridized carbons (Fsp3) is 0.273. The number of H-pyrrole nitrogens is 1. The van der Waals surface area contributed by atoms with Crippen molar-refractivity contribution in [3.63, 3.8) is 0 Å². The van der Waals surface area contributed by atoms with Crippen LogP contribution in [0.25, 0.3) is 11.3 Å². The molecule has 7 nitrogen and oxygen atoms in total. The fourth-order valence-corrected chi connectivity index (χ4v) is 3.06. The molecule has 0 aliphatic heterocycles.